The van der Waals surface area contributed by atoms with Crippen LogP contribution in [0.3, 0.4) is 0 Å². The number of nitrogens with zero attached hydrogens (tertiary/aromatic N) is 1. The number of hydrogen-bond donors (Lipinski definition) is 5. The molecule has 0 saturated carbocycles. The van der Waals surface area contributed by atoms with Crippen LogP contribution in [0, 0.1) is 0 Å². The second kappa shape index (κ2) is 15.0. The first-order valence-corrected chi connectivity index (χ1v) is 13.8. The van der Waals surface area contributed by atoms with Crippen molar-refractivity contribution >= 4 is 11.7 Å². The molecule has 9 heteroatoms. The van der Waals surface area contributed by atoms with Crippen LogP contribution in [0.15, 0.2) is 72.8 Å². The molecule has 2 amide bonds. The first-order valence-electron chi connectivity index (χ1n) is 13.8. The first-order chi connectivity index (χ1) is 19.5. The SMILES string of the molecule is COc1cccc(CNC(=O)N2CCC(Nc3ccc(CCNC[C@H](O)COc4ccc(O)cc4)cc3)CC2)c1. The van der Waals surface area contributed by atoms with Crippen LogP contribution < -0.4 is 25.4 Å². The van der Waals surface area contributed by atoms with E-state index in [4.69, 9.17) is 9.47 Å². The van der Waals surface area contributed by atoms with E-state index in [0.717, 1.165) is 55.9 Å². The monoisotopic (exact) mass is 548 g/mol. The van der Waals surface area contributed by atoms with Crippen molar-refractivity contribution in [3.63, 3.8) is 0 Å². The van der Waals surface area contributed by atoms with Crippen molar-refractivity contribution < 1.29 is 24.5 Å². The van der Waals surface area contributed by atoms with Gasteiger partial charge in [-0.25, -0.2) is 4.79 Å². The van der Waals surface area contributed by atoms with E-state index >= 15 is 0 Å². The third-order valence-corrected chi connectivity index (χ3v) is 6.93. The van der Waals surface area contributed by atoms with E-state index in [1.165, 1.54) is 5.56 Å². The van der Waals surface area contributed by atoms with Crippen LogP contribution in [0.5, 0.6) is 17.2 Å². The molecule has 0 aromatic heterocycles. The average molecular weight is 549 g/mol. The van der Waals surface area contributed by atoms with E-state index in [2.05, 4.69) is 40.2 Å². The molecule has 1 saturated heterocycles. The van der Waals surface area contributed by atoms with Gasteiger partial charge < -0.3 is 40.5 Å². The molecule has 1 atom stereocenters. The van der Waals surface area contributed by atoms with Crippen molar-refractivity contribution in [2.45, 2.75) is 38.0 Å². The van der Waals surface area contributed by atoms with Crippen molar-refractivity contribution in [3.8, 4) is 17.2 Å². The minimum absolute atomic E-state index is 0.0309. The molecule has 0 spiro atoms. The van der Waals surface area contributed by atoms with Crippen molar-refractivity contribution in [3.05, 3.63) is 83.9 Å². The second-order valence-electron chi connectivity index (χ2n) is 10.0. The van der Waals surface area contributed by atoms with Crippen LogP contribution in [0.2, 0.25) is 0 Å². The minimum Gasteiger partial charge on any atom is -0.508 e. The second-order valence-corrected chi connectivity index (χ2v) is 10.0. The molecule has 0 unspecified atom stereocenters. The average Bonchev–Trinajstić information content (AvgIpc) is 2.99. The zero-order valence-corrected chi connectivity index (χ0v) is 23.0. The number of methoxy groups -OCH3 is 1. The van der Waals surface area contributed by atoms with Gasteiger partial charge in [-0.1, -0.05) is 24.3 Å². The number of anilines is 1. The number of carbonyl (C=O) groups is 1. The van der Waals surface area contributed by atoms with Gasteiger partial charge in [0, 0.05) is 37.9 Å². The van der Waals surface area contributed by atoms with Crippen molar-refractivity contribution in [2.24, 2.45) is 0 Å². The molecular weight excluding hydrogens is 508 g/mol. The zero-order valence-electron chi connectivity index (χ0n) is 23.0. The summed E-state index contributed by atoms with van der Waals surface area (Å²) in [4.78, 5) is 14.5. The number of phenols is 1. The number of urea groups is 1. The van der Waals surface area contributed by atoms with Crippen LogP contribution in [-0.2, 0) is 13.0 Å². The Morgan fingerprint density at radius 3 is 2.48 bits per heavy atom. The highest BCUT2D eigenvalue weighted by Gasteiger charge is 2.22. The number of rotatable bonds is 13. The Hall–Kier alpha value is -3.95. The standard InChI is InChI=1S/C31H40N4O5/c1-39-30-4-2-3-24(19-30)20-33-31(38)35-17-14-26(15-18-35)34-25-7-5-23(6-8-25)13-16-32-21-28(37)22-40-29-11-9-27(36)10-12-29/h2-12,19,26,28,32,34,36-37H,13-18,20-22H2,1H3,(H,33,38)/t28-/m0/s1. The lowest BCUT2D eigenvalue weighted by molar-refractivity contribution is 0.106. The number of nitrogens with one attached hydrogen (secondary N) is 3. The number of hydrogen-bond acceptors (Lipinski definition) is 7. The maximum atomic E-state index is 12.6. The Labute approximate surface area is 236 Å². The molecule has 214 valence electrons. The predicted molar refractivity (Wildman–Crippen MR) is 156 cm³/mol. The molecule has 5 N–H and O–H groups in total. The predicted octanol–water partition coefficient (Wildman–Crippen LogP) is 3.76. The Morgan fingerprint density at radius 1 is 1.00 bits per heavy atom. The topological polar surface area (TPSA) is 115 Å². The number of aliphatic hydroxyl groups is 1. The van der Waals surface area contributed by atoms with Gasteiger partial charge >= 0.3 is 6.03 Å². The first kappa shape index (κ1) is 29.0. The van der Waals surface area contributed by atoms with Crippen LogP contribution in [0.25, 0.3) is 0 Å². The molecule has 1 fully saturated rings. The molecule has 1 aliphatic rings. The highest BCUT2D eigenvalue weighted by Crippen LogP contribution is 2.19. The summed E-state index contributed by atoms with van der Waals surface area (Å²) in [6, 6.07) is 22.9. The van der Waals surface area contributed by atoms with Crippen molar-refractivity contribution in [1.82, 2.24) is 15.5 Å². The largest absolute Gasteiger partial charge is 0.508 e. The van der Waals surface area contributed by atoms with Crippen molar-refractivity contribution in [1.29, 1.82) is 0 Å². The normalized spacial score (nSPS) is 14.4. The number of aliphatic hydroxyl groups excluding tert-OH is 1. The number of piperidine rings is 1. The summed E-state index contributed by atoms with van der Waals surface area (Å²) in [6.45, 7) is 3.29. The quantitative estimate of drug-likeness (QED) is 0.207. The summed E-state index contributed by atoms with van der Waals surface area (Å²) >= 11 is 0. The number of likely N-dealkylation sites (tertiary alicyclic amines) is 1. The third kappa shape index (κ3) is 9.36. The van der Waals surface area contributed by atoms with Gasteiger partial charge in [0.15, 0.2) is 0 Å². The molecule has 0 radical (unpaired) electrons. The molecule has 1 aliphatic heterocycles. The van der Waals surface area contributed by atoms with Gasteiger partial charge in [0.05, 0.1) is 7.11 Å². The molecular formula is C31H40N4O5. The molecule has 3 aromatic rings. The number of benzene rings is 3. The van der Waals surface area contributed by atoms with E-state index < -0.39 is 6.10 Å². The molecule has 4 rings (SSSR count). The minimum atomic E-state index is -0.620. The van der Waals surface area contributed by atoms with E-state index in [-0.39, 0.29) is 18.4 Å². The van der Waals surface area contributed by atoms with E-state index in [1.54, 1.807) is 31.4 Å². The van der Waals surface area contributed by atoms with Gasteiger partial charge in [-0.3, -0.25) is 0 Å². The third-order valence-electron chi connectivity index (χ3n) is 6.93. The van der Waals surface area contributed by atoms with Crippen molar-refractivity contribution in [2.75, 3.05) is 45.2 Å². The van der Waals surface area contributed by atoms with Gasteiger partial charge in [-0.05, 0) is 85.5 Å². The Morgan fingerprint density at radius 2 is 1.75 bits per heavy atom. The number of amides is 2. The summed E-state index contributed by atoms with van der Waals surface area (Å²) in [5, 5.41) is 29.3. The lowest BCUT2D eigenvalue weighted by Gasteiger charge is -2.33. The Kier molecular flexibility index (Phi) is 10.9. The summed E-state index contributed by atoms with van der Waals surface area (Å²) in [6.07, 6.45) is 2.04. The highest BCUT2D eigenvalue weighted by molar-refractivity contribution is 5.74. The smallest absolute Gasteiger partial charge is 0.317 e. The summed E-state index contributed by atoms with van der Waals surface area (Å²) < 4.78 is 10.8. The fraction of sp³-hybridized carbons (Fsp3) is 0.387. The Balaban J connectivity index is 1.08. The number of ether oxygens (including phenoxy) is 2. The molecule has 9 nitrogen and oxygen atoms in total. The zero-order chi connectivity index (χ0) is 28.2. The molecule has 0 aliphatic carbocycles. The van der Waals surface area contributed by atoms with Gasteiger partial charge in [0.25, 0.3) is 0 Å². The summed E-state index contributed by atoms with van der Waals surface area (Å²) in [5.74, 6) is 1.58. The number of carbonyl (C=O) groups excluding carboxylic acids is 1. The van der Waals surface area contributed by atoms with Gasteiger partial charge in [0.1, 0.15) is 30.0 Å². The van der Waals surface area contributed by atoms with Crippen LogP contribution in [0.1, 0.15) is 24.0 Å². The van der Waals surface area contributed by atoms with Crippen LogP contribution in [0.4, 0.5) is 10.5 Å². The van der Waals surface area contributed by atoms with E-state index in [9.17, 15) is 15.0 Å². The lowest BCUT2D eigenvalue weighted by atomic mass is 10.0. The van der Waals surface area contributed by atoms with Gasteiger partial charge in [-0.15, -0.1) is 0 Å². The fourth-order valence-corrected chi connectivity index (χ4v) is 4.60. The Bertz CT molecular complexity index is 1180. The van der Waals surface area contributed by atoms with Crippen LogP contribution in [-0.4, -0.2) is 73.2 Å². The van der Waals surface area contributed by atoms with Gasteiger partial charge in [-0.2, -0.15) is 0 Å². The molecule has 0 bridgehead atoms. The van der Waals surface area contributed by atoms with E-state index in [0.29, 0.717) is 24.9 Å². The molecule has 40 heavy (non-hydrogen) atoms. The summed E-state index contributed by atoms with van der Waals surface area (Å²) in [7, 11) is 1.64. The number of phenolic OH excluding ortho intramolecular Hbond substituents is 1. The maximum absolute atomic E-state index is 12.6. The fourth-order valence-electron chi connectivity index (χ4n) is 4.60. The number of aromatic hydroxyl groups is 1. The highest BCUT2D eigenvalue weighted by atomic mass is 16.5. The maximum Gasteiger partial charge on any atom is 0.317 e. The van der Waals surface area contributed by atoms with Crippen LogP contribution >= 0.6 is 0 Å². The molecule has 3 aromatic carbocycles. The van der Waals surface area contributed by atoms with E-state index in [1.807, 2.05) is 29.2 Å². The van der Waals surface area contributed by atoms with Gasteiger partial charge in [0.2, 0.25) is 0 Å². The summed E-state index contributed by atoms with van der Waals surface area (Å²) in [5.41, 5.74) is 3.31. The lowest BCUT2D eigenvalue weighted by Crippen LogP contribution is -2.46. The molecule has 1 heterocycles.